The summed E-state index contributed by atoms with van der Waals surface area (Å²) in [5, 5.41) is 11.3. The van der Waals surface area contributed by atoms with Crippen LogP contribution >= 0.6 is 0 Å². The minimum absolute atomic E-state index is 0.0173. The summed E-state index contributed by atoms with van der Waals surface area (Å²) in [6.45, 7) is 0. The molecule has 1 aromatic carbocycles. The first kappa shape index (κ1) is 10.4. The summed E-state index contributed by atoms with van der Waals surface area (Å²) in [7, 11) is 0. The lowest BCUT2D eigenvalue weighted by Gasteiger charge is -2.07. The molecule has 0 saturated heterocycles. The van der Waals surface area contributed by atoms with E-state index in [0.717, 1.165) is 0 Å². The van der Waals surface area contributed by atoms with Crippen molar-refractivity contribution in [2.45, 2.75) is 6.18 Å². The molecule has 84 valence electrons. The van der Waals surface area contributed by atoms with E-state index in [1.165, 1.54) is 18.2 Å². The van der Waals surface area contributed by atoms with Gasteiger partial charge in [-0.15, -0.1) is 5.10 Å². The number of carbonyl (C=O) groups excluding carboxylic acids is 1. The van der Waals surface area contributed by atoms with Crippen LogP contribution in [0, 0.1) is 0 Å². The molecule has 2 N–H and O–H groups in total. The number of benzene rings is 1. The van der Waals surface area contributed by atoms with Crippen molar-refractivity contribution >= 4 is 22.6 Å². The van der Waals surface area contributed by atoms with Crippen molar-refractivity contribution in [3.63, 3.8) is 0 Å². The third-order valence-corrected chi connectivity index (χ3v) is 1.84. The van der Waals surface area contributed by atoms with Gasteiger partial charge in [-0.3, -0.25) is 9.89 Å². The highest BCUT2D eigenvalue weighted by molar-refractivity contribution is 5.96. The van der Waals surface area contributed by atoms with Crippen LogP contribution in [-0.2, 0) is 4.79 Å². The standard InChI is InChI=1S/C8H5F3N4O/c9-8(10,11)7(16)12-4-1-2-5-6(3-4)14-15-13-5/h1-3H,(H,12,16)(H,13,14,15). The van der Waals surface area contributed by atoms with Crippen molar-refractivity contribution in [1.29, 1.82) is 0 Å². The van der Waals surface area contributed by atoms with Crippen LogP contribution in [0.3, 0.4) is 0 Å². The molecule has 2 aromatic rings. The number of halogens is 3. The molecule has 0 spiro atoms. The Morgan fingerprint density at radius 2 is 2.12 bits per heavy atom. The number of H-pyrrole nitrogens is 1. The quantitative estimate of drug-likeness (QED) is 0.779. The lowest BCUT2D eigenvalue weighted by Crippen LogP contribution is -2.29. The van der Waals surface area contributed by atoms with E-state index in [1.54, 1.807) is 5.32 Å². The highest BCUT2D eigenvalue weighted by atomic mass is 19.4. The predicted molar refractivity (Wildman–Crippen MR) is 48.6 cm³/mol. The van der Waals surface area contributed by atoms with E-state index in [1.807, 2.05) is 0 Å². The van der Waals surface area contributed by atoms with Crippen molar-refractivity contribution in [1.82, 2.24) is 15.4 Å². The van der Waals surface area contributed by atoms with E-state index < -0.39 is 12.1 Å². The lowest BCUT2D eigenvalue weighted by atomic mass is 10.2. The number of nitrogens with zero attached hydrogens (tertiary/aromatic N) is 2. The fraction of sp³-hybridized carbons (Fsp3) is 0.125. The van der Waals surface area contributed by atoms with Gasteiger partial charge in [0, 0.05) is 5.69 Å². The second-order valence-corrected chi connectivity index (χ2v) is 3.00. The van der Waals surface area contributed by atoms with Crippen LogP contribution in [0.15, 0.2) is 18.2 Å². The van der Waals surface area contributed by atoms with Crippen LogP contribution in [0.5, 0.6) is 0 Å². The number of nitrogens with one attached hydrogen (secondary N) is 2. The Bertz CT molecular complexity index is 533. The minimum Gasteiger partial charge on any atom is -0.318 e. The second-order valence-electron chi connectivity index (χ2n) is 3.00. The third-order valence-electron chi connectivity index (χ3n) is 1.84. The first-order valence-corrected chi connectivity index (χ1v) is 4.16. The second kappa shape index (κ2) is 3.47. The maximum absolute atomic E-state index is 11.9. The van der Waals surface area contributed by atoms with Crippen LogP contribution in [0.1, 0.15) is 0 Å². The number of alkyl halides is 3. The zero-order valence-corrected chi connectivity index (χ0v) is 7.67. The average Bonchev–Trinajstić information content (AvgIpc) is 2.63. The number of hydrogen-bond donors (Lipinski definition) is 2. The highest BCUT2D eigenvalue weighted by Crippen LogP contribution is 2.20. The van der Waals surface area contributed by atoms with E-state index >= 15 is 0 Å². The van der Waals surface area contributed by atoms with E-state index in [0.29, 0.717) is 11.0 Å². The molecule has 1 aromatic heterocycles. The van der Waals surface area contributed by atoms with Crippen molar-refractivity contribution in [2.24, 2.45) is 0 Å². The molecule has 0 unspecified atom stereocenters. The maximum atomic E-state index is 11.9. The van der Waals surface area contributed by atoms with E-state index in [-0.39, 0.29) is 5.69 Å². The normalized spacial score (nSPS) is 11.7. The molecule has 16 heavy (non-hydrogen) atoms. The molecule has 8 heteroatoms. The molecule has 2 rings (SSSR count). The van der Waals surface area contributed by atoms with Gasteiger partial charge in [-0.1, -0.05) is 5.21 Å². The maximum Gasteiger partial charge on any atom is 0.471 e. The molecule has 0 saturated carbocycles. The fourth-order valence-corrected chi connectivity index (χ4v) is 1.12. The van der Waals surface area contributed by atoms with E-state index in [9.17, 15) is 18.0 Å². The summed E-state index contributed by atoms with van der Waals surface area (Å²) in [4.78, 5) is 10.6. The molecule has 0 aliphatic carbocycles. The number of carbonyl (C=O) groups is 1. The number of hydrogen-bond acceptors (Lipinski definition) is 3. The number of aromatic nitrogens is 3. The molecule has 1 heterocycles. The molecule has 0 bridgehead atoms. The van der Waals surface area contributed by atoms with Gasteiger partial charge in [-0.2, -0.15) is 13.2 Å². The summed E-state index contributed by atoms with van der Waals surface area (Å²) in [5.41, 5.74) is 0.966. The molecule has 5 nitrogen and oxygen atoms in total. The summed E-state index contributed by atoms with van der Waals surface area (Å²) < 4.78 is 35.8. The van der Waals surface area contributed by atoms with Crippen LogP contribution in [0.4, 0.5) is 18.9 Å². The van der Waals surface area contributed by atoms with Gasteiger partial charge in [-0.25, -0.2) is 0 Å². The Balaban J connectivity index is 2.24. The van der Waals surface area contributed by atoms with Crippen molar-refractivity contribution < 1.29 is 18.0 Å². The Labute approximate surface area is 86.6 Å². The Hall–Kier alpha value is -2.12. The van der Waals surface area contributed by atoms with Gasteiger partial charge in [0.2, 0.25) is 0 Å². The van der Waals surface area contributed by atoms with Gasteiger partial charge in [0.05, 0.1) is 5.52 Å². The van der Waals surface area contributed by atoms with Crippen LogP contribution in [0.25, 0.3) is 11.0 Å². The van der Waals surface area contributed by atoms with Gasteiger partial charge in [0.1, 0.15) is 5.52 Å². The van der Waals surface area contributed by atoms with E-state index in [2.05, 4.69) is 15.4 Å². The smallest absolute Gasteiger partial charge is 0.318 e. The van der Waals surface area contributed by atoms with Crippen LogP contribution in [0.2, 0.25) is 0 Å². The number of aromatic amines is 1. The number of anilines is 1. The largest absolute Gasteiger partial charge is 0.471 e. The molecule has 0 fully saturated rings. The van der Waals surface area contributed by atoms with Crippen molar-refractivity contribution in [3.8, 4) is 0 Å². The highest BCUT2D eigenvalue weighted by Gasteiger charge is 2.38. The molecule has 0 aliphatic heterocycles. The minimum atomic E-state index is -4.90. The average molecular weight is 230 g/mol. The first-order chi connectivity index (χ1) is 7.47. The first-order valence-electron chi connectivity index (χ1n) is 4.16. The fourth-order valence-electron chi connectivity index (χ4n) is 1.12. The number of rotatable bonds is 1. The van der Waals surface area contributed by atoms with Crippen molar-refractivity contribution in [3.05, 3.63) is 18.2 Å². The molecule has 0 radical (unpaired) electrons. The van der Waals surface area contributed by atoms with Gasteiger partial charge in [0.25, 0.3) is 0 Å². The molecule has 0 aliphatic rings. The van der Waals surface area contributed by atoms with E-state index in [4.69, 9.17) is 0 Å². The summed E-state index contributed by atoms with van der Waals surface area (Å²) in [6, 6.07) is 4.09. The lowest BCUT2D eigenvalue weighted by molar-refractivity contribution is -0.167. The zero-order chi connectivity index (χ0) is 11.8. The molecule has 1 amide bonds. The molecular weight excluding hydrogens is 225 g/mol. The van der Waals surface area contributed by atoms with Crippen LogP contribution < -0.4 is 5.32 Å². The SMILES string of the molecule is O=C(Nc1ccc2[nH]nnc2c1)C(F)(F)F. The van der Waals surface area contributed by atoms with Gasteiger partial charge in [-0.05, 0) is 18.2 Å². The zero-order valence-electron chi connectivity index (χ0n) is 7.67. The predicted octanol–water partition coefficient (Wildman–Crippen LogP) is 1.46. The molecular formula is C8H5F3N4O. The topological polar surface area (TPSA) is 70.7 Å². The Morgan fingerprint density at radius 3 is 2.81 bits per heavy atom. The number of fused-ring (bicyclic) bond motifs is 1. The van der Waals surface area contributed by atoms with Gasteiger partial charge >= 0.3 is 12.1 Å². The summed E-state index contributed by atoms with van der Waals surface area (Å²) in [5.74, 6) is -2.02. The third kappa shape index (κ3) is 1.95. The van der Waals surface area contributed by atoms with Gasteiger partial charge in [0.15, 0.2) is 0 Å². The summed E-state index contributed by atoms with van der Waals surface area (Å²) >= 11 is 0. The Kier molecular flexibility index (Phi) is 2.26. The summed E-state index contributed by atoms with van der Waals surface area (Å²) in [6.07, 6.45) is -4.90. The Morgan fingerprint density at radius 1 is 1.38 bits per heavy atom. The van der Waals surface area contributed by atoms with Crippen LogP contribution in [-0.4, -0.2) is 27.5 Å². The molecule has 0 atom stereocenters. The van der Waals surface area contributed by atoms with Crippen molar-refractivity contribution in [2.75, 3.05) is 5.32 Å². The van der Waals surface area contributed by atoms with Gasteiger partial charge < -0.3 is 5.32 Å². The monoisotopic (exact) mass is 230 g/mol. The number of amides is 1.